The Morgan fingerprint density at radius 2 is 2.26 bits per heavy atom. The maximum absolute atomic E-state index is 11.0. The number of nitro benzene ring substituents is 1. The van der Waals surface area contributed by atoms with Gasteiger partial charge in [0.15, 0.2) is 0 Å². The van der Waals surface area contributed by atoms with Crippen molar-refractivity contribution in [1.82, 2.24) is 9.55 Å². The van der Waals surface area contributed by atoms with Crippen molar-refractivity contribution < 1.29 is 9.66 Å². The molecule has 0 radical (unpaired) electrons. The van der Waals surface area contributed by atoms with Gasteiger partial charge in [0.05, 0.1) is 29.6 Å². The van der Waals surface area contributed by atoms with Gasteiger partial charge < -0.3 is 9.30 Å². The maximum atomic E-state index is 11.0. The van der Waals surface area contributed by atoms with Crippen LogP contribution in [-0.4, -0.2) is 21.6 Å². The number of hydrogen-bond donors (Lipinski definition) is 0. The van der Waals surface area contributed by atoms with E-state index in [1.165, 1.54) is 13.2 Å². The molecule has 0 saturated carbocycles. The van der Waals surface area contributed by atoms with Gasteiger partial charge in [-0.05, 0) is 28.9 Å². The zero-order valence-electron chi connectivity index (χ0n) is 10.5. The van der Waals surface area contributed by atoms with Crippen LogP contribution in [0.3, 0.4) is 0 Å². The number of rotatable bonds is 4. The highest BCUT2D eigenvalue weighted by atomic mass is 79.9. The van der Waals surface area contributed by atoms with E-state index in [4.69, 9.17) is 4.74 Å². The van der Waals surface area contributed by atoms with Gasteiger partial charge in [-0.1, -0.05) is 6.07 Å². The fraction of sp³-hybridized carbons (Fsp3) is 0.250. The van der Waals surface area contributed by atoms with E-state index in [0.29, 0.717) is 16.7 Å². The average molecular weight is 326 g/mol. The third-order valence-corrected chi connectivity index (χ3v) is 3.36. The van der Waals surface area contributed by atoms with Gasteiger partial charge in [-0.2, -0.15) is 0 Å². The predicted molar refractivity (Wildman–Crippen MR) is 74.2 cm³/mol. The topological polar surface area (TPSA) is 70.2 Å². The van der Waals surface area contributed by atoms with E-state index >= 15 is 0 Å². The minimum atomic E-state index is -0.455. The lowest BCUT2D eigenvalue weighted by Crippen LogP contribution is -2.00. The second-order valence-corrected chi connectivity index (χ2v) is 4.54. The average Bonchev–Trinajstić information content (AvgIpc) is 2.78. The Bertz CT molecular complexity index is 625. The van der Waals surface area contributed by atoms with Gasteiger partial charge in [-0.25, -0.2) is 4.98 Å². The number of imidazole rings is 1. The SMILES string of the molecule is CCn1cnc(Br)c1-c1cccc([N+](=O)[O-])c1OC. The van der Waals surface area contributed by atoms with E-state index in [1.807, 2.05) is 11.5 Å². The first-order valence-electron chi connectivity index (χ1n) is 5.62. The van der Waals surface area contributed by atoms with E-state index in [0.717, 1.165) is 5.69 Å². The Labute approximate surface area is 118 Å². The molecule has 0 saturated heterocycles. The Hall–Kier alpha value is -1.89. The molecule has 7 heteroatoms. The molecule has 2 aromatic rings. The number of aromatic nitrogens is 2. The molecule has 0 aliphatic rings. The number of methoxy groups -OCH3 is 1. The standard InChI is InChI=1S/C12H12BrN3O3/c1-3-15-7-14-12(13)10(15)8-5-4-6-9(16(17)18)11(8)19-2/h4-7H,3H2,1-2H3. The zero-order valence-corrected chi connectivity index (χ0v) is 12.0. The van der Waals surface area contributed by atoms with Crippen LogP contribution in [0.5, 0.6) is 5.75 Å². The van der Waals surface area contributed by atoms with Crippen LogP contribution in [0.2, 0.25) is 0 Å². The maximum Gasteiger partial charge on any atom is 0.311 e. The molecule has 0 spiro atoms. The predicted octanol–water partition coefficient (Wildman–Crippen LogP) is 3.25. The number of benzene rings is 1. The van der Waals surface area contributed by atoms with Crippen LogP contribution in [0.15, 0.2) is 29.1 Å². The Morgan fingerprint density at radius 3 is 2.84 bits per heavy atom. The van der Waals surface area contributed by atoms with Crippen LogP contribution in [0.25, 0.3) is 11.3 Å². The van der Waals surface area contributed by atoms with Crippen molar-refractivity contribution in [2.45, 2.75) is 13.5 Å². The minimum absolute atomic E-state index is 0.0595. The van der Waals surface area contributed by atoms with Gasteiger partial charge in [-0.15, -0.1) is 0 Å². The van der Waals surface area contributed by atoms with Gasteiger partial charge >= 0.3 is 5.69 Å². The van der Waals surface area contributed by atoms with Gasteiger partial charge in [-0.3, -0.25) is 10.1 Å². The molecule has 1 heterocycles. The molecule has 0 N–H and O–H groups in total. The number of aryl methyl sites for hydroxylation is 1. The first-order chi connectivity index (χ1) is 9.10. The first kappa shape index (κ1) is 13.5. The van der Waals surface area contributed by atoms with Crippen LogP contribution in [0, 0.1) is 10.1 Å². The fourth-order valence-electron chi connectivity index (χ4n) is 1.93. The third kappa shape index (κ3) is 2.33. The monoisotopic (exact) mass is 325 g/mol. The molecule has 0 aliphatic heterocycles. The molecular weight excluding hydrogens is 314 g/mol. The van der Waals surface area contributed by atoms with Gasteiger partial charge in [0.1, 0.15) is 4.60 Å². The first-order valence-corrected chi connectivity index (χ1v) is 6.41. The van der Waals surface area contributed by atoms with Crippen LogP contribution in [0.4, 0.5) is 5.69 Å². The second-order valence-electron chi connectivity index (χ2n) is 3.79. The quantitative estimate of drug-likeness (QED) is 0.639. The van der Waals surface area contributed by atoms with Crippen LogP contribution >= 0.6 is 15.9 Å². The normalized spacial score (nSPS) is 10.5. The highest BCUT2D eigenvalue weighted by molar-refractivity contribution is 9.10. The molecule has 19 heavy (non-hydrogen) atoms. The summed E-state index contributed by atoms with van der Waals surface area (Å²) >= 11 is 3.36. The summed E-state index contributed by atoms with van der Waals surface area (Å²) in [6.45, 7) is 2.68. The molecule has 6 nitrogen and oxygen atoms in total. The molecule has 0 bridgehead atoms. The summed E-state index contributed by atoms with van der Waals surface area (Å²) in [4.78, 5) is 14.7. The Balaban J connectivity index is 2.72. The van der Waals surface area contributed by atoms with E-state index in [1.54, 1.807) is 18.5 Å². The lowest BCUT2D eigenvalue weighted by Gasteiger charge is -2.11. The smallest absolute Gasteiger partial charge is 0.311 e. The molecule has 0 atom stereocenters. The molecule has 2 rings (SSSR count). The highest BCUT2D eigenvalue weighted by Gasteiger charge is 2.22. The Kier molecular flexibility index (Phi) is 3.84. The molecular formula is C12H12BrN3O3. The highest BCUT2D eigenvalue weighted by Crippen LogP contribution is 2.40. The van der Waals surface area contributed by atoms with Crippen LogP contribution < -0.4 is 4.74 Å². The molecule has 1 aromatic carbocycles. The van der Waals surface area contributed by atoms with Crippen molar-refractivity contribution in [3.05, 3.63) is 39.2 Å². The van der Waals surface area contributed by atoms with Crippen LogP contribution in [-0.2, 0) is 6.54 Å². The van der Waals surface area contributed by atoms with Crippen LogP contribution in [0.1, 0.15) is 6.92 Å². The van der Waals surface area contributed by atoms with Gasteiger partial charge in [0.25, 0.3) is 0 Å². The van der Waals surface area contributed by atoms with E-state index < -0.39 is 4.92 Å². The van der Waals surface area contributed by atoms with Gasteiger partial charge in [0.2, 0.25) is 5.75 Å². The molecule has 0 amide bonds. The summed E-state index contributed by atoms with van der Waals surface area (Å²) in [5.41, 5.74) is 1.35. The van der Waals surface area contributed by atoms with Crippen molar-refractivity contribution in [2.24, 2.45) is 0 Å². The van der Waals surface area contributed by atoms with Crippen molar-refractivity contribution in [3.63, 3.8) is 0 Å². The number of para-hydroxylation sites is 1. The molecule has 100 valence electrons. The third-order valence-electron chi connectivity index (χ3n) is 2.78. The molecule has 0 fully saturated rings. The molecule has 0 aliphatic carbocycles. The zero-order chi connectivity index (χ0) is 14.0. The lowest BCUT2D eigenvalue weighted by molar-refractivity contribution is -0.385. The van der Waals surface area contributed by atoms with E-state index in [9.17, 15) is 10.1 Å². The number of nitro groups is 1. The summed E-state index contributed by atoms with van der Waals surface area (Å²) in [6, 6.07) is 4.83. The largest absolute Gasteiger partial charge is 0.490 e. The minimum Gasteiger partial charge on any atom is -0.490 e. The van der Waals surface area contributed by atoms with E-state index in [-0.39, 0.29) is 11.4 Å². The fourth-order valence-corrected chi connectivity index (χ4v) is 2.47. The summed E-state index contributed by atoms with van der Waals surface area (Å²) in [6.07, 6.45) is 1.68. The van der Waals surface area contributed by atoms with Crippen molar-refractivity contribution in [2.75, 3.05) is 7.11 Å². The number of halogens is 1. The van der Waals surface area contributed by atoms with Crippen molar-refractivity contribution in [3.8, 4) is 17.0 Å². The van der Waals surface area contributed by atoms with Crippen molar-refractivity contribution >= 4 is 21.6 Å². The summed E-state index contributed by atoms with van der Waals surface area (Å²) in [5.74, 6) is 0.239. The molecule has 0 unspecified atom stereocenters. The number of ether oxygens (including phenoxy) is 1. The van der Waals surface area contributed by atoms with E-state index in [2.05, 4.69) is 20.9 Å². The number of nitrogens with zero attached hydrogens (tertiary/aromatic N) is 3. The summed E-state index contributed by atoms with van der Waals surface area (Å²) in [7, 11) is 1.42. The summed E-state index contributed by atoms with van der Waals surface area (Å²) in [5, 5.41) is 11.0. The second kappa shape index (κ2) is 5.40. The van der Waals surface area contributed by atoms with Crippen molar-refractivity contribution in [1.29, 1.82) is 0 Å². The summed E-state index contributed by atoms with van der Waals surface area (Å²) < 4.78 is 7.74. The van der Waals surface area contributed by atoms with Gasteiger partial charge in [0, 0.05) is 12.6 Å². The number of hydrogen-bond acceptors (Lipinski definition) is 4. The Morgan fingerprint density at radius 1 is 1.53 bits per heavy atom. The lowest BCUT2D eigenvalue weighted by atomic mass is 10.1. The molecule has 1 aromatic heterocycles.